The third-order valence-corrected chi connectivity index (χ3v) is 3.54. The molecule has 110 valence electrons. The number of hydrogen-bond donors (Lipinski definition) is 1. The van der Waals surface area contributed by atoms with E-state index in [1.54, 1.807) is 10.6 Å². The maximum Gasteiger partial charge on any atom is 0.287 e. The average molecular weight is 399 g/mol. The van der Waals surface area contributed by atoms with Crippen molar-refractivity contribution < 1.29 is 9.72 Å². The van der Waals surface area contributed by atoms with Gasteiger partial charge in [-0.1, -0.05) is 13.0 Å². The molecular formula is C14H14IN3O3. The number of halogens is 1. The highest BCUT2D eigenvalue weighted by atomic mass is 127. The van der Waals surface area contributed by atoms with Gasteiger partial charge in [0.25, 0.3) is 11.6 Å². The van der Waals surface area contributed by atoms with Crippen molar-refractivity contribution >= 4 is 39.9 Å². The summed E-state index contributed by atoms with van der Waals surface area (Å²) < 4.78 is 2.61. The zero-order valence-electron chi connectivity index (χ0n) is 11.4. The second-order valence-electron chi connectivity index (χ2n) is 4.50. The van der Waals surface area contributed by atoms with Crippen molar-refractivity contribution in [3.63, 3.8) is 0 Å². The maximum absolute atomic E-state index is 12.3. The fraction of sp³-hybridized carbons (Fsp3) is 0.214. The molecule has 0 radical (unpaired) electrons. The number of amides is 1. The molecule has 0 saturated carbocycles. The molecule has 0 saturated heterocycles. The van der Waals surface area contributed by atoms with E-state index in [2.05, 4.69) is 27.9 Å². The van der Waals surface area contributed by atoms with E-state index in [4.69, 9.17) is 0 Å². The van der Waals surface area contributed by atoms with Crippen molar-refractivity contribution in [3.05, 3.63) is 55.9 Å². The number of nitro groups is 1. The van der Waals surface area contributed by atoms with Crippen LogP contribution in [0.4, 0.5) is 11.4 Å². The number of carbonyl (C=O) groups excluding carboxylic acids is 1. The van der Waals surface area contributed by atoms with E-state index in [0.29, 0.717) is 17.9 Å². The first kappa shape index (κ1) is 15.5. The van der Waals surface area contributed by atoms with Crippen LogP contribution in [0, 0.1) is 13.7 Å². The summed E-state index contributed by atoms with van der Waals surface area (Å²) in [5, 5.41) is 13.6. The summed E-state index contributed by atoms with van der Waals surface area (Å²) >= 11 is 2.15. The fourth-order valence-corrected chi connectivity index (χ4v) is 2.52. The molecule has 7 heteroatoms. The van der Waals surface area contributed by atoms with Crippen LogP contribution < -0.4 is 5.32 Å². The number of benzene rings is 1. The van der Waals surface area contributed by atoms with Gasteiger partial charge in [0, 0.05) is 21.9 Å². The predicted octanol–water partition coefficient (Wildman–Crippen LogP) is 3.66. The fourth-order valence-electron chi connectivity index (χ4n) is 1.97. The van der Waals surface area contributed by atoms with Crippen LogP contribution in [0.25, 0.3) is 0 Å². The largest absolute Gasteiger partial charge is 0.337 e. The summed E-state index contributed by atoms with van der Waals surface area (Å²) in [5.74, 6) is -0.349. The van der Waals surface area contributed by atoms with Gasteiger partial charge in [0.15, 0.2) is 0 Å². The Morgan fingerprint density at radius 2 is 2.19 bits per heavy atom. The summed E-state index contributed by atoms with van der Waals surface area (Å²) in [4.78, 5) is 22.7. The zero-order chi connectivity index (χ0) is 15.4. The molecule has 1 N–H and O–H groups in total. The van der Waals surface area contributed by atoms with Crippen LogP contribution in [0.15, 0.2) is 36.5 Å². The molecule has 0 unspecified atom stereocenters. The Morgan fingerprint density at radius 3 is 2.81 bits per heavy atom. The molecule has 1 amide bonds. The molecule has 0 spiro atoms. The van der Waals surface area contributed by atoms with E-state index in [1.165, 1.54) is 12.3 Å². The van der Waals surface area contributed by atoms with Gasteiger partial charge < -0.3 is 9.88 Å². The monoisotopic (exact) mass is 399 g/mol. The van der Waals surface area contributed by atoms with Crippen LogP contribution >= 0.6 is 22.6 Å². The van der Waals surface area contributed by atoms with E-state index in [9.17, 15) is 14.9 Å². The van der Waals surface area contributed by atoms with Crippen molar-refractivity contribution in [1.29, 1.82) is 0 Å². The molecular weight excluding hydrogens is 385 g/mol. The second-order valence-corrected chi connectivity index (χ2v) is 5.74. The van der Waals surface area contributed by atoms with Crippen LogP contribution in [0.1, 0.15) is 23.8 Å². The van der Waals surface area contributed by atoms with E-state index in [1.807, 2.05) is 25.1 Å². The van der Waals surface area contributed by atoms with Crippen molar-refractivity contribution in [1.82, 2.24) is 4.57 Å². The molecule has 0 bridgehead atoms. The Hall–Kier alpha value is -1.90. The highest BCUT2D eigenvalue weighted by molar-refractivity contribution is 14.1. The number of hydrogen-bond acceptors (Lipinski definition) is 3. The van der Waals surface area contributed by atoms with E-state index < -0.39 is 4.92 Å². The van der Waals surface area contributed by atoms with E-state index >= 15 is 0 Å². The Balaban J connectivity index is 2.27. The highest BCUT2D eigenvalue weighted by Gasteiger charge is 2.19. The number of nitrogens with zero attached hydrogens (tertiary/aromatic N) is 2. The number of anilines is 1. The first-order valence-corrected chi connectivity index (χ1v) is 7.50. The minimum atomic E-state index is -0.492. The summed E-state index contributed by atoms with van der Waals surface area (Å²) in [6.07, 6.45) is 2.18. The SMILES string of the molecule is CCCn1cc([N+](=O)[O-])cc1C(=O)Nc1cccc(I)c1. The smallest absolute Gasteiger partial charge is 0.287 e. The minimum Gasteiger partial charge on any atom is -0.337 e. The molecule has 0 aliphatic rings. The van der Waals surface area contributed by atoms with Gasteiger partial charge in [0.1, 0.15) is 5.69 Å². The predicted molar refractivity (Wildman–Crippen MR) is 88.5 cm³/mol. The third-order valence-electron chi connectivity index (χ3n) is 2.87. The van der Waals surface area contributed by atoms with Crippen LogP contribution in [0.3, 0.4) is 0 Å². The molecule has 21 heavy (non-hydrogen) atoms. The maximum atomic E-state index is 12.3. The number of aromatic nitrogens is 1. The summed E-state index contributed by atoms with van der Waals surface area (Å²) in [7, 11) is 0. The molecule has 1 aromatic heterocycles. The number of carbonyl (C=O) groups is 1. The van der Waals surface area contributed by atoms with Gasteiger partial charge >= 0.3 is 0 Å². The van der Waals surface area contributed by atoms with Crippen LogP contribution in [-0.2, 0) is 6.54 Å². The second kappa shape index (κ2) is 6.70. The molecule has 1 heterocycles. The zero-order valence-corrected chi connectivity index (χ0v) is 13.5. The normalized spacial score (nSPS) is 10.4. The van der Waals surface area contributed by atoms with E-state index in [0.717, 1.165) is 9.99 Å². The first-order chi connectivity index (χ1) is 10.0. The average Bonchev–Trinajstić information content (AvgIpc) is 2.83. The van der Waals surface area contributed by atoms with Gasteiger partial charge in [-0.15, -0.1) is 0 Å². The molecule has 0 atom stereocenters. The van der Waals surface area contributed by atoms with Crippen LogP contribution in [-0.4, -0.2) is 15.4 Å². The van der Waals surface area contributed by atoms with Crippen molar-refractivity contribution in [3.8, 4) is 0 Å². The Morgan fingerprint density at radius 1 is 1.43 bits per heavy atom. The molecule has 0 aliphatic heterocycles. The van der Waals surface area contributed by atoms with Gasteiger partial charge in [-0.05, 0) is 47.2 Å². The lowest BCUT2D eigenvalue weighted by Crippen LogP contribution is -2.16. The van der Waals surface area contributed by atoms with Crippen LogP contribution in [0.2, 0.25) is 0 Å². The molecule has 2 aromatic rings. The molecule has 0 fully saturated rings. The molecule has 0 aliphatic carbocycles. The summed E-state index contributed by atoms with van der Waals surface area (Å²) in [6.45, 7) is 2.51. The van der Waals surface area contributed by atoms with Crippen molar-refractivity contribution in [2.24, 2.45) is 0 Å². The topological polar surface area (TPSA) is 77.2 Å². The molecule has 6 nitrogen and oxygen atoms in total. The number of nitrogens with one attached hydrogen (secondary N) is 1. The highest BCUT2D eigenvalue weighted by Crippen LogP contribution is 2.19. The van der Waals surface area contributed by atoms with Gasteiger partial charge in [0.2, 0.25) is 0 Å². The Bertz CT molecular complexity index is 682. The van der Waals surface area contributed by atoms with Gasteiger partial charge in [-0.2, -0.15) is 0 Å². The van der Waals surface area contributed by atoms with Crippen molar-refractivity contribution in [2.75, 3.05) is 5.32 Å². The van der Waals surface area contributed by atoms with Crippen LogP contribution in [0.5, 0.6) is 0 Å². The lowest BCUT2D eigenvalue weighted by Gasteiger charge is -2.08. The summed E-state index contributed by atoms with van der Waals surface area (Å²) in [6, 6.07) is 8.67. The van der Waals surface area contributed by atoms with Gasteiger partial charge in [-0.3, -0.25) is 14.9 Å². The number of aryl methyl sites for hydroxylation is 1. The Kier molecular flexibility index (Phi) is 4.94. The summed E-state index contributed by atoms with van der Waals surface area (Å²) in [5.41, 5.74) is 0.887. The quantitative estimate of drug-likeness (QED) is 0.474. The lowest BCUT2D eigenvalue weighted by atomic mass is 10.3. The van der Waals surface area contributed by atoms with Gasteiger partial charge in [0.05, 0.1) is 11.1 Å². The Labute approximate surface area is 135 Å². The first-order valence-electron chi connectivity index (χ1n) is 6.42. The van der Waals surface area contributed by atoms with E-state index in [-0.39, 0.29) is 11.6 Å². The third kappa shape index (κ3) is 3.81. The minimum absolute atomic E-state index is 0.0729. The molecule has 2 rings (SSSR count). The molecule has 1 aromatic carbocycles. The van der Waals surface area contributed by atoms with Gasteiger partial charge in [-0.25, -0.2) is 0 Å². The lowest BCUT2D eigenvalue weighted by molar-refractivity contribution is -0.384. The number of rotatable bonds is 5. The standard InChI is InChI=1S/C14H14IN3O3/c1-2-6-17-9-12(18(20)21)8-13(17)14(19)16-11-5-3-4-10(15)7-11/h3-5,7-9H,2,6H2,1H3,(H,16,19). The van der Waals surface area contributed by atoms with Crippen molar-refractivity contribution in [2.45, 2.75) is 19.9 Å².